The van der Waals surface area contributed by atoms with E-state index in [1.807, 2.05) is 30.3 Å². The van der Waals surface area contributed by atoms with Gasteiger partial charge in [0.2, 0.25) is 16.9 Å². The van der Waals surface area contributed by atoms with Crippen molar-refractivity contribution in [2.75, 3.05) is 31.5 Å². The van der Waals surface area contributed by atoms with Gasteiger partial charge in [-0.05, 0) is 44.3 Å². The molecule has 8 heteroatoms. The van der Waals surface area contributed by atoms with Crippen molar-refractivity contribution in [3.8, 4) is 0 Å². The number of hydrogen-bond acceptors (Lipinski definition) is 6. The third kappa shape index (κ3) is 7.91. The van der Waals surface area contributed by atoms with Gasteiger partial charge in [0.1, 0.15) is 5.01 Å². The van der Waals surface area contributed by atoms with Crippen molar-refractivity contribution in [3.63, 3.8) is 0 Å². The topological polar surface area (TPSA) is 87.2 Å². The zero-order chi connectivity index (χ0) is 20.3. The van der Waals surface area contributed by atoms with Gasteiger partial charge in [-0.3, -0.25) is 9.59 Å². The highest BCUT2D eigenvalue weighted by Crippen LogP contribution is 2.18. The van der Waals surface area contributed by atoms with Gasteiger partial charge in [-0.2, -0.15) is 0 Å². The molecule has 1 aliphatic rings. The molecule has 1 aromatic carbocycles. The molecule has 2 N–H and O–H groups in total. The van der Waals surface area contributed by atoms with E-state index in [2.05, 4.69) is 25.7 Å². The van der Waals surface area contributed by atoms with Gasteiger partial charge in [-0.1, -0.05) is 41.7 Å². The van der Waals surface area contributed by atoms with E-state index in [-0.39, 0.29) is 11.8 Å². The third-order valence-electron chi connectivity index (χ3n) is 4.91. The Balaban J connectivity index is 1.27. The summed E-state index contributed by atoms with van der Waals surface area (Å²) in [5, 5.41) is 15.4. The first kappa shape index (κ1) is 21.4. The molecule has 2 amide bonds. The molecule has 0 aliphatic carbocycles. The summed E-state index contributed by atoms with van der Waals surface area (Å²) in [4.78, 5) is 26.4. The third-order valence-corrected chi connectivity index (χ3v) is 5.81. The average Bonchev–Trinajstić information content (AvgIpc) is 3.38. The van der Waals surface area contributed by atoms with E-state index in [9.17, 15) is 9.59 Å². The van der Waals surface area contributed by atoms with E-state index >= 15 is 0 Å². The number of anilines is 1. The fourth-order valence-corrected chi connectivity index (χ4v) is 4.16. The van der Waals surface area contributed by atoms with Crippen LogP contribution in [0, 0.1) is 0 Å². The van der Waals surface area contributed by atoms with Crippen molar-refractivity contribution in [2.45, 2.75) is 44.9 Å². The number of aryl methyl sites for hydroxylation is 1. The van der Waals surface area contributed by atoms with Crippen molar-refractivity contribution < 1.29 is 9.59 Å². The van der Waals surface area contributed by atoms with Gasteiger partial charge < -0.3 is 15.5 Å². The maximum Gasteiger partial charge on any atom is 0.230 e. The highest BCUT2D eigenvalue weighted by Gasteiger charge is 2.11. The molecule has 1 fully saturated rings. The van der Waals surface area contributed by atoms with Gasteiger partial charge in [-0.25, -0.2) is 0 Å². The molecular weight excluding hydrogens is 386 g/mol. The normalized spacial score (nSPS) is 14.1. The van der Waals surface area contributed by atoms with Gasteiger partial charge in [0.15, 0.2) is 0 Å². The number of rotatable bonds is 11. The Morgan fingerprint density at radius 1 is 1.03 bits per heavy atom. The van der Waals surface area contributed by atoms with Crippen LogP contribution in [0.5, 0.6) is 0 Å². The fourth-order valence-electron chi connectivity index (χ4n) is 3.36. The Morgan fingerprint density at radius 3 is 2.62 bits per heavy atom. The standard InChI is InChI=1S/C21H29N5O2S/c27-18(22-12-15-26-13-6-7-14-26)10-4-5-11-20-24-25-21(29-20)23-19(28)16-17-8-2-1-3-9-17/h1-3,8-9H,4-7,10-16H2,(H,22,27)(H,23,25,28). The zero-order valence-electron chi connectivity index (χ0n) is 16.7. The number of carbonyl (C=O) groups excluding carboxylic acids is 2. The first-order chi connectivity index (χ1) is 14.2. The van der Waals surface area contributed by atoms with Crippen LogP contribution < -0.4 is 10.6 Å². The highest BCUT2D eigenvalue weighted by atomic mass is 32.1. The number of unbranched alkanes of at least 4 members (excludes halogenated alkanes) is 1. The molecular formula is C21H29N5O2S. The molecule has 2 aromatic rings. The number of hydrogen-bond donors (Lipinski definition) is 2. The van der Waals surface area contributed by atoms with Crippen molar-refractivity contribution in [3.05, 3.63) is 40.9 Å². The molecule has 0 radical (unpaired) electrons. The number of amides is 2. The summed E-state index contributed by atoms with van der Waals surface area (Å²) >= 11 is 1.40. The van der Waals surface area contributed by atoms with Crippen molar-refractivity contribution >= 4 is 28.3 Å². The van der Waals surface area contributed by atoms with Crippen LogP contribution in [-0.4, -0.2) is 53.1 Å². The predicted molar refractivity (Wildman–Crippen MR) is 115 cm³/mol. The Kier molecular flexibility index (Phi) is 8.58. The summed E-state index contributed by atoms with van der Waals surface area (Å²) in [6, 6.07) is 9.61. The number of aromatic nitrogens is 2. The second-order valence-electron chi connectivity index (χ2n) is 7.32. The Labute approximate surface area is 175 Å². The van der Waals surface area contributed by atoms with E-state index in [0.717, 1.165) is 56.0 Å². The van der Waals surface area contributed by atoms with Crippen LogP contribution in [0.1, 0.15) is 42.7 Å². The van der Waals surface area contributed by atoms with Crippen molar-refractivity contribution in [2.24, 2.45) is 0 Å². The minimum Gasteiger partial charge on any atom is -0.355 e. The van der Waals surface area contributed by atoms with Crippen LogP contribution in [0.3, 0.4) is 0 Å². The maximum absolute atomic E-state index is 12.1. The summed E-state index contributed by atoms with van der Waals surface area (Å²) in [5.41, 5.74) is 0.966. The van der Waals surface area contributed by atoms with Crippen LogP contribution in [0.2, 0.25) is 0 Å². The van der Waals surface area contributed by atoms with Gasteiger partial charge >= 0.3 is 0 Å². The van der Waals surface area contributed by atoms with Crippen molar-refractivity contribution in [1.82, 2.24) is 20.4 Å². The minimum atomic E-state index is -0.0931. The number of nitrogens with one attached hydrogen (secondary N) is 2. The molecule has 7 nitrogen and oxygen atoms in total. The summed E-state index contributed by atoms with van der Waals surface area (Å²) in [5.74, 6) is 0.0276. The van der Waals surface area contributed by atoms with E-state index in [1.165, 1.54) is 24.2 Å². The molecule has 1 aromatic heterocycles. The van der Waals surface area contributed by atoms with Crippen LogP contribution in [0.15, 0.2) is 30.3 Å². The molecule has 0 bridgehead atoms. The average molecular weight is 416 g/mol. The summed E-state index contributed by atoms with van der Waals surface area (Å²) in [7, 11) is 0. The zero-order valence-corrected chi connectivity index (χ0v) is 17.5. The highest BCUT2D eigenvalue weighted by molar-refractivity contribution is 7.15. The maximum atomic E-state index is 12.1. The quantitative estimate of drug-likeness (QED) is 0.551. The molecule has 0 spiro atoms. The van der Waals surface area contributed by atoms with E-state index in [0.29, 0.717) is 18.0 Å². The molecule has 1 aliphatic heterocycles. The van der Waals surface area contributed by atoms with Crippen LogP contribution in [-0.2, 0) is 22.4 Å². The molecule has 1 saturated heterocycles. The van der Waals surface area contributed by atoms with Gasteiger partial charge in [-0.15, -0.1) is 10.2 Å². The monoisotopic (exact) mass is 415 g/mol. The lowest BCUT2D eigenvalue weighted by atomic mass is 10.1. The molecule has 29 heavy (non-hydrogen) atoms. The first-order valence-electron chi connectivity index (χ1n) is 10.3. The summed E-state index contributed by atoms with van der Waals surface area (Å²) in [6.07, 6.45) is 5.89. The van der Waals surface area contributed by atoms with Gasteiger partial charge in [0.05, 0.1) is 6.42 Å². The second-order valence-corrected chi connectivity index (χ2v) is 8.38. The smallest absolute Gasteiger partial charge is 0.230 e. The lowest BCUT2D eigenvalue weighted by molar-refractivity contribution is -0.121. The van der Waals surface area contributed by atoms with Crippen molar-refractivity contribution in [1.29, 1.82) is 0 Å². The van der Waals surface area contributed by atoms with Crippen LogP contribution >= 0.6 is 11.3 Å². The summed E-state index contributed by atoms with van der Waals surface area (Å²) in [6.45, 7) is 4.01. The van der Waals surface area contributed by atoms with Crippen LogP contribution in [0.25, 0.3) is 0 Å². The largest absolute Gasteiger partial charge is 0.355 e. The SMILES string of the molecule is O=C(CCCCc1nnc(NC(=O)Cc2ccccc2)s1)NCCN1CCCC1. The second kappa shape index (κ2) is 11.6. The lowest BCUT2D eigenvalue weighted by Crippen LogP contribution is -2.33. The minimum absolute atomic E-state index is 0.0931. The number of benzene rings is 1. The molecule has 0 saturated carbocycles. The molecule has 156 valence electrons. The number of carbonyl (C=O) groups is 2. The number of likely N-dealkylation sites (tertiary alicyclic amines) is 1. The summed E-state index contributed by atoms with van der Waals surface area (Å²) < 4.78 is 0. The van der Waals surface area contributed by atoms with E-state index < -0.39 is 0 Å². The van der Waals surface area contributed by atoms with Gasteiger partial charge in [0, 0.05) is 25.9 Å². The Bertz CT molecular complexity index is 774. The first-order valence-corrected chi connectivity index (χ1v) is 11.2. The lowest BCUT2D eigenvalue weighted by Gasteiger charge is -2.14. The van der Waals surface area contributed by atoms with Crippen LogP contribution in [0.4, 0.5) is 5.13 Å². The Hall–Kier alpha value is -2.32. The molecule has 2 heterocycles. The fraction of sp³-hybridized carbons (Fsp3) is 0.524. The predicted octanol–water partition coefficient (Wildman–Crippen LogP) is 2.64. The van der Waals surface area contributed by atoms with E-state index in [1.54, 1.807) is 0 Å². The molecule has 0 unspecified atom stereocenters. The molecule has 3 rings (SSSR count). The Morgan fingerprint density at radius 2 is 1.83 bits per heavy atom. The molecule has 0 atom stereocenters. The number of nitrogens with zero attached hydrogens (tertiary/aromatic N) is 3. The van der Waals surface area contributed by atoms with E-state index in [4.69, 9.17) is 0 Å². The van der Waals surface area contributed by atoms with Gasteiger partial charge in [0.25, 0.3) is 0 Å².